The van der Waals surface area contributed by atoms with Crippen LogP contribution in [0.1, 0.15) is 72.5 Å². The lowest BCUT2D eigenvalue weighted by atomic mass is 9.79. The van der Waals surface area contributed by atoms with E-state index in [1.54, 1.807) is 46.3 Å². The van der Waals surface area contributed by atoms with Crippen molar-refractivity contribution in [3.8, 4) is 11.5 Å². The van der Waals surface area contributed by atoms with Gasteiger partial charge in [-0.05, 0) is 62.1 Å². The van der Waals surface area contributed by atoms with E-state index in [1.165, 1.54) is 0 Å². The van der Waals surface area contributed by atoms with Crippen molar-refractivity contribution in [2.24, 2.45) is 40.6 Å². The van der Waals surface area contributed by atoms with Crippen LogP contribution in [0.25, 0.3) is 0 Å². The van der Waals surface area contributed by atoms with Crippen LogP contribution in [0.5, 0.6) is 11.5 Å². The smallest absolute Gasteiger partial charge is 0.224 e. The van der Waals surface area contributed by atoms with Gasteiger partial charge in [0.05, 0.1) is 31.3 Å². The number of nitrogens with two attached hydrogens (primary N) is 2. The zero-order valence-electron chi connectivity index (χ0n) is 25.6. The Morgan fingerprint density at radius 3 is 2.17 bits per heavy atom. The quantitative estimate of drug-likeness (QED) is 0.159. The largest absolute Gasteiger partial charge is 0.493 e. The fraction of sp³-hybridized carbons (Fsp3) is 0.733. The second-order valence-corrected chi connectivity index (χ2v) is 12.0. The third-order valence-corrected chi connectivity index (χ3v) is 7.59. The van der Waals surface area contributed by atoms with Crippen LogP contribution in [0.2, 0.25) is 0 Å². The molecule has 1 aromatic rings. The lowest BCUT2D eigenvalue weighted by Crippen LogP contribution is -2.46. The van der Waals surface area contributed by atoms with Crippen LogP contribution in [-0.4, -0.2) is 68.2 Å². The van der Waals surface area contributed by atoms with Crippen molar-refractivity contribution < 1.29 is 34.0 Å². The molecule has 0 aliphatic heterocycles. The average molecular weight is 568 g/mol. The predicted octanol–water partition coefficient (Wildman–Crippen LogP) is 2.78. The standard InChI is InChI=1S/C30H53N3O7/c1-18(2)21(27(35)20-10-11-25(39-8)26(14-20)40-13-9-12-38-7)15-23(31)24(34)16-22(19(3)4)28(36)33-17-30(5,6)29(32)37/h10-11,14,18-19,21-24,27,34-35H,9,12-13,15-17,31H2,1-8H3,(H2,32,37)(H,33,36)/t21-,22-,23-,24-,27+/m0/s1. The molecule has 7 N–H and O–H groups in total. The van der Waals surface area contributed by atoms with E-state index >= 15 is 0 Å². The molecule has 0 heterocycles. The molecular formula is C30H53N3O7. The predicted molar refractivity (Wildman–Crippen MR) is 156 cm³/mol. The molecule has 5 atom stereocenters. The van der Waals surface area contributed by atoms with Crippen LogP contribution in [0.15, 0.2) is 18.2 Å². The van der Waals surface area contributed by atoms with Gasteiger partial charge < -0.3 is 41.2 Å². The molecular weight excluding hydrogens is 514 g/mol. The molecule has 0 bridgehead atoms. The summed E-state index contributed by atoms with van der Waals surface area (Å²) in [6.07, 6.45) is -0.606. The summed E-state index contributed by atoms with van der Waals surface area (Å²) >= 11 is 0. The summed E-state index contributed by atoms with van der Waals surface area (Å²) in [4.78, 5) is 24.6. The first-order chi connectivity index (χ1) is 18.7. The molecule has 1 rings (SSSR count). The minimum atomic E-state index is -0.966. The van der Waals surface area contributed by atoms with E-state index in [0.717, 1.165) is 0 Å². The summed E-state index contributed by atoms with van der Waals surface area (Å²) in [7, 11) is 3.20. The van der Waals surface area contributed by atoms with Crippen LogP contribution in [0, 0.1) is 29.1 Å². The van der Waals surface area contributed by atoms with E-state index in [0.29, 0.717) is 43.1 Å². The first-order valence-corrected chi connectivity index (χ1v) is 14.1. The van der Waals surface area contributed by atoms with Crippen LogP contribution >= 0.6 is 0 Å². The van der Waals surface area contributed by atoms with Gasteiger partial charge in [0.25, 0.3) is 0 Å². The molecule has 1 aromatic carbocycles. The fourth-order valence-corrected chi connectivity index (χ4v) is 4.50. The third-order valence-electron chi connectivity index (χ3n) is 7.59. The SMILES string of the molecule is COCCCOc1cc([C@@H](O)[C@@H](C[C@H](N)[C@@H](O)C[C@H](C(=O)NCC(C)(C)C(N)=O)C(C)C)C(C)C)ccc1OC. The molecule has 0 aliphatic carbocycles. The summed E-state index contributed by atoms with van der Waals surface area (Å²) < 4.78 is 16.4. The molecule has 0 unspecified atom stereocenters. The maximum Gasteiger partial charge on any atom is 0.224 e. The molecule has 2 amide bonds. The number of carbonyl (C=O) groups excluding carboxylic acids is 2. The number of hydrogen-bond acceptors (Lipinski definition) is 8. The first kappa shape index (κ1) is 35.6. The summed E-state index contributed by atoms with van der Waals surface area (Å²) in [5.74, 6) is -0.434. The number of carbonyl (C=O) groups is 2. The van der Waals surface area contributed by atoms with Gasteiger partial charge in [-0.3, -0.25) is 9.59 Å². The van der Waals surface area contributed by atoms with Crippen molar-refractivity contribution in [3.63, 3.8) is 0 Å². The normalized spacial score (nSPS) is 15.8. The second kappa shape index (κ2) is 16.8. The number of ether oxygens (including phenoxy) is 3. The van der Waals surface area contributed by atoms with Crippen LogP contribution in [0.3, 0.4) is 0 Å². The average Bonchev–Trinajstić information content (AvgIpc) is 2.90. The second-order valence-electron chi connectivity index (χ2n) is 12.0. The van der Waals surface area contributed by atoms with Crippen molar-refractivity contribution in [1.29, 1.82) is 0 Å². The van der Waals surface area contributed by atoms with Gasteiger partial charge in [0.15, 0.2) is 11.5 Å². The van der Waals surface area contributed by atoms with E-state index < -0.39 is 35.5 Å². The van der Waals surface area contributed by atoms with Crippen LogP contribution in [-0.2, 0) is 14.3 Å². The molecule has 0 radical (unpaired) electrons. The molecule has 10 nitrogen and oxygen atoms in total. The van der Waals surface area contributed by atoms with E-state index in [4.69, 9.17) is 25.7 Å². The minimum absolute atomic E-state index is 0.0571. The van der Waals surface area contributed by atoms with Crippen molar-refractivity contribution in [2.45, 2.75) is 79.1 Å². The minimum Gasteiger partial charge on any atom is -0.493 e. The highest BCUT2D eigenvalue weighted by atomic mass is 16.5. The molecule has 0 aliphatic rings. The lowest BCUT2D eigenvalue weighted by molar-refractivity contribution is -0.130. The fourth-order valence-electron chi connectivity index (χ4n) is 4.50. The number of methoxy groups -OCH3 is 2. The highest BCUT2D eigenvalue weighted by Crippen LogP contribution is 2.37. The summed E-state index contributed by atoms with van der Waals surface area (Å²) in [5, 5.41) is 25.2. The molecule has 0 fully saturated rings. The molecule has 0 saturated heterocycles. The Morgan fingerprint density at radius 1 is 1.00 bits per heavy atom. The molecule has 0 spiro atoms. The summed E-state index contributed by atoms with van der Waals surface area (Å²) in [6, 6.07) is 4.68. The third kappa shape index (κ3) is 10.9. The number of benzene rings is 1. The Bertz CT molecular complexity index is 923. The molecule has 0 aromatic heterocycles. The number of aliphatic hydroxyl groups is 2. The van der Waals surface area contributed by atoms with Gasteiger partial charge in [-0.15, -0.1) is 0 Å². The monoisotopic (exact) mass is 567 g/mol. The Kier molecular flexibility index (Phi) is 14.9. The number of amides is 2. The van der Waals surface area contributed by atoms with Gasteiger partial charge >= 0.3 is 0 Å². The van der Waals surface area contributed by atoms with Crippen LogP contribution in [0.4, 0.5) is 0 Å². The number of nitrogens with one attached hydrogen (secondary N) is 1. The Hall–Kier alpha value is -2.40. The highest BCUT2D eigenvalue weighted by molar-refractivity contribution is 5.83. The maximum atomic E-state index is 12.9. The van der Waals surface area contributed by atoms with Crippen molar-refractivity contribution >= 4 is 11.8 Å². The van der Waals surface area contributed by atoms with E-state index in [9.17, 15) is 19.8 Å². The van der Waals surface area contributed by atoms with Crippen LogP contribution < -0.4 is 26.3 Å². The van der Waals surface area contributed by atoms with E-state index in [1.807, 2.05) is 27.7 Å². The Labute approximate surface area is 240 Å². The zero-order valence-corrected chi connectivity index (χ0v) is 25.6. The maximum absolute atomic E-state index is 12.9. The summed E-state index contributed by atoms with van der Waals surface area (Å²) in [5.41, 5.74) is 11.7. The molecule has 0 saturated carbocycles. The van der Waals surface area contributed by atoms with Gasteiger partial charge in [0, 0.05) is 38.6 Å². The number of rotatable bonds is 19. The van der Waals surface area contributed by atoms with Gasteiger partial charge in [0.1, 0.15) is 0 Å². The highest BCUT2D eigenvalue weighted by Gasteiger charge is 2.33. The number of hydrogen-bond donors (Lipinski definition) is 5. The Balaban J connectivity index is 2.97. The van der Waals surface area contributed by atoms with Gasteiger partial charge in [-0.2, -0.15) is 0 Å². The van der Waals surface area contributed by atoms with Gasteiger partial charge in [-0.25, -0.2) is 0 Å². The molecule has 40 heavy (non-hydrogen) atoms. The van der Waals surface area contributed by atoms with Gasteiger partial charge in [-0.1, -0.05) is 33.8 Å². The van der Waals surface area contributed by atoms with Crippen molar-refractivity contribution in [1.82, 2.24) is 5.32 Å². The van der Waals surface area contributed by atoms with Crippen molar-refractivity contribution in [2.75, 3.05) is 34.0 Å². The molecule has 230 valence electrons. The lowest BCUT2D eigenvalue weighted by Gasteiger charge is -2.32. The van der Waals surface area contributed by atoms with Gasteiger partial charge in [0.2, 0.25) is 11.8 Å². The molecule has 10 heteroatoms. The number of primary amides is 1. The topological polar surface area (TPSA) is 166 Å². The number of aliphatic hydroxyl groups excluding tert-OH is 2. The summed E-state index contributed by atoms with van der Waals surface area (Å²) in [6.45, 7) is 12.3. The van der Waals surface area contributed by atoms with E-state index in [-0.39, 0.29) is 36.6 Å². The zero-order chi connectivity index (χ0) is 30.6. The van der Waals surface area contributed by atoms with E-state index in [2.05, 4.69) is 5.32 Å². The Morgan fingerprint density at radius 2 is 1.65 bits per heavy atom. The first-order valence-electron chi connectivity index (χ1n) is 14.1. The van der Waals surface area contributed by atoms with Crippen molar-refractivity contribution in [3.05, 3.63) is 23.8 Å².